The summed E-state index contributed by atoms with van der Waals surface area (Å²) in [4.78, 5) is 4.68. The lowest BCUT2D eigenvalue weighted by atomic mass is 9.98. The standard InChI is InChI=1S/C66H48N2/c1-5-14-49(15-6-1)53-24-36-61(37-25-53)67(62-38-26-54(27-39-62)50-16-7-2-8-17-50)64-42-30-56(31-43-64)57-32-44-65(45-33-57)68(63-40-28-55(29-41-63)51-18-9-3-10-19-51)66-46-34-58(35-47-66)60-23-13-22-59(48-60)52-20-11-4-12-21-52/h1-48H. The molecule has 0 atom stereocenters. The Kier molecular flexibility index (Phi) is 11.8. The first kappa shape index (κ1) is 41.7. The van der Waals surface area contributed by atoms with Gasteiger partial charge in [0.15, 0.2) is 0 Å². The molecule has 11 aromatic carbocycles. The Hall–Kier alpha value is -8.98. The van der Waals surface area contributed by atoms with Crippen LogP contribution in [0.3, 0.4) is 0 Å². The summed E-state index contributed by atoms with van der Waals surface area (Å²) >= 11 is 0. The maximum atomic E-state index is 2.34. The molecule has 0 radical (unpaired) electrons. The third-order valence-corrected chi connectivity index (χ3v) is 12.7. The van der Waals surface area contributed by atoms with E-state index in [1.54, 1.807) is 0 Å². The van der Waals surface area contributed by atoms with Gasteiger partial charge >= 0.3 is 0 Å². The van der Waals surface area contributed by atoms with Gasteiger partial charge in [-0.1, -0.05) is 212 Å². The van der Waals surface area contributed by atoms with Gasteiger partial charge < -0.3 is 9.80 Å². The predicted molar refractivity (Wildman–Crippen MR) is 288 cm³/mol. The zero-order valence-electron chi connectivity index (χ0n) is 37.6. The van der Waals surface area contributed by atoms with Gasteiger partial charge in [-0.15, -0.1) is 0 Å². The molecule has 0 saturated carbocycles. The minimum atomic E-state index is 1.08. The Labute approximate surface area is 400 Å². The predicted octanol–water partition coefficient (Wildman–Crippen LogP) is 18.6. The molecule has 68 heavy (non-hydrogen) atoms. The summed E-state index contributed by atoms with van der Waals surface area (Å²) in [6.45, 7) is 0. The highest BCUT2D eigenvalue weighted by molar-refractivity contribution is 5.84. The minimum Gasteiger partial charge on any atom is -0.311 e. The molecule has 0 saturated heterocycles. The molecule has 2 heteroatoms. The van der Waals surface area contributed by atoms with Crippen LogP contribution in [0.1, 0.15) is 0 Å². The van der Waals surface area contributed by atoms with E-state index in [-0.39, 0.29) is 0 Å². The second-order valence-corrected chi connectivity index (χ2v) is 17.0. The normalized spacial score (nSPS) is 10.9. The number of hydrogen-bond donors (Lipinski definition) is 0. The summed E-state index contributed by atoms with van der Waals surface area (Å²) in [7, 11) is 0. The smallest absolute Gasteiger partial charge is 0.0462 e. The summed E-state index contributed by atoms with van der Waals surface area (Å²) in [5.41, 5.74) is 20.8. The van der Waals surface area contributed by atoms with Gasteiger partial charge in [-0.25, -0.2) is 0 Å². The van der Waals surface area contributed by atoms with E-state index < -0.39 is 0 Å². The Morgan fingerprint density at radius 3 is 0.515 bits per heavy atom. The molecule has 0 aliphatic heterocycles. The molecule has 0 aliphatic rings. The van der Waals surface area contributed by atoms with Crippen molar-refractivity contribution in [3.63, 3.8) is 0 Å². The van der Waals surface area contributed by atoms with Crippen LogP contribution in [0.5, 0.6) is 0 Å². The quantitative estimate of drug-likeness (QED) is 0.121. The fourth-order valence-electron chi connectivity index (χ4n) is 9.11. The molecule has 11 rings (SSSR count). The second-order valence-electron chi connectivity index (χ2n) is 17.0. The number of hydrogen-bond acceptors (Lipinski definition) is 2. The molecular weight excluding hydrogens is 821 g/mol. The molecular formula is C66H48N2. The summed E-state index contributed by atoms with van der Waals surface area (Å²) < 4.78 is 0. The van der Waals surface area contributed by atoms with Crippen molar-refractivity contribution in [1.29, 1.82) is 0 Å². The van der Waals surface area contributed by atoms with E-state index in [1.165, 1.54) is 55.6 Å². The van der Waals surface area contributed by atoms with Crippen LogP contribution in [0.2, 0.25) is 0 Å². The molecule has 322 valence electrons. The molecule has 0 fully saturated rings. The second kappa shape index (κ2) is 19.2. The first-order valence-corrected chi connectivity index (χ1v) is 23.2. The molecule has 0 aromatic heterocycles. The molecule has 0 bridgehead atoms. The topological polar surface area (TPSA) is 6.48 Å². The van der Waals surface area contributed by atoms with E-state index in [2.05, 4.69) is 301 Å². The van der Waals surface area contributed by atoms with Gasteiger partial charge in [0, 0.05) is 34.1 Å². The fourth-order valence-corrected chi connectivity index (χ4v) is 9.11. The van der Waals surface area contributed by atoms with Gasteiger partial charge in [-0.2, -0.15) is 0 Å². The maximum Gasteiger partial charge on any atom is 0.0462 e. The fraction of sp³-hybridized carbons (Fsp3) is 0. The van der Waals surface area contributed by atoms with Crippen molar-refractivity contribution >= 4 is 34.1 Å². The highest BCUT2D eigenvalue weighted by Gasteiger charge is 2.16. The zero-order valence-corrected chi connectivity index (χ0v) is 37.6. The molecule has 0 amide bonds. The van der Waals surface area contributed by atoms with Crippen molar-refractivity contribution < 1.29 is 0 Å². The van der Waals surface area contributed by atoms with Crippen LogP contribution in [-0.4, -0.2) is 0 Å². The Morgan fingerprint density at radius 2 is 0.294 bits per heavy atom. The lowest BCUT2D eigenvalue weighted by Gasteiger charge is -2.27. The molecule has 0 N–H and O–H groups in total. The van der Waals surface area contributed by atoms with Gasteiger partial charge in [-0.3, -0.25) is 0 Å². The van der Waals surface area contributed by atoms with Gasteiger partial charge in [0.25, 0.3) is 0 Å². The zero-order chi connectivity index (χ0) is 45.5. The number of anilines is 6. The van der Waals surface area contributed by atoms with E-state index in [9.17, 15) is 0 Å². The Morgan fingerprint density at radius 1 is 0.132 bits per heavy atom. The van der Waals surface area contributed by atoms with Crippen molar-refractivity contribution in [3.05, 3.63) is 291 Å². The van der Waals surface area contributed by atoms with Gasteiger partial charge in [0.05, 0.1) is 0 Å². The molecule has 2 nitrogen and oxygen atoms in total. The van der Waals surface area contributed by atoms with Crippen molar-refractivity contribution in [3.8, 4) is 66.8 Å². The average molecular weight is 869 g/mol. The largest absolute Gasteiger partial charge is 0.311 e. The summed E-state index contributed by atoms with van der Waals surface area (Å²) in [6, 6.07) is 104. The Balaban J connectivity index is 0.900. The van der Waals surface area contributed by atoms with Gasteiger partial charge in [-0.05, 0) is 146 Å². The summed E-state index contributed by atoms with van der Waals surface area (Å²) in [5, 5.41) is 0. The van der Waals surface area contributed by atoms with Crippen LogP contribution >= 0.6 is 0 Å². The van der Waals surface area contributed by atoms with Crippen molar-refractivity contribution in [2.75, 3.05) is 9.80 Å². The first-order chi connectivity index (χ1) is 33.7. The molecule has 0 unspecified atom stereocenters. The molecule has 11 aromatic rings. The monoisotopic (exact) mass is 868 g/mol. The molecule has 0 heterocycles. The van der Waals surface area contributed by atoms with Crippen molar-refractivity contribution in [1.82, 2.24) is 0 Å². The van der Waals surface area contributed by atoms with E-state index in [0.717, 1.165) is 45.3 Å². The van der Waals surface area contributed by atoms with E-state index in [4.69, 9.17) is 0 Å². The van der Waals surface area contributed by atoms with Crippen LogP contribution in [0.15, 0.2) is 291 Å². The lowest BCUT2D eigenvalue weighted by molar-refractivity contribution is 1.28. The molecule has 0 aliphatic carbocycles. The van der Waals surface area contributed by atoms with Crippen LogP contribution in [-0.2, 0) is 0 Å². The van der Waals surface area contributed by atoms with Crippen molar-refractivity contribution in [2.24, 2.45) is 0 Å². The maximum absolute atomic E-state index is 2.34. The lowest BCUT2D eigenvalue weighted by Crippen LogP contribution is -2.10. The van der Waals surface area contributed by atoms with Crippen LogP contribution < -0.4 is 9.80 Å². The van der Waals surface area contributed by atoms with Crippen LogP contribution in [0.25, 0.3) is 66.8 Å². The SMILES string of the molecule is c1ccc(-c2ccc(N(c3ccc(-c4ccccc4)cc3)c3ccc(-c4ccc(N(c5ccc(-c6ccccc6)cc5)c5ccc(-c6cccc(-c7ccccc7)c6)cc5)cc4)cc3)cc2)cc1. The third-order valence-electron chi connectivity index (χ3n) is 12.7. The Bertz CT molecular complexity index is 3270. The number of nitrogens with zero attached hydrogens (tertiary/aromatic N) is 2. The summed E-state index contributed by atoms with van der Waals surface area (Å²) in [5.74, 6) is 0. The van der Waals surface area contributed by atoms with Gasteiger partial charge in [0.1, 0.15) is 0 Å². The first-order valence-electron chi connectivity index (χ1n) is 23.2. The van der Waals surface area contributed by atoms with Crippen molar-refractivity contribution in [2.45, 2.75) is 0 Å². The number of rotatable bonds is 12. The van der Waals surface area contributed by atoms with E-state index in [1.807, 2.05) is 0 Å². The minimum absolute atomic E-state index is 1.08. The van der Waals surface area contributed by atoms with Gasteiger partial charge in [0.2, 0.25) is 0 Å². The third kappa shape index (κ3) is 9.00. The van der Waals surface area contributed by atoms with Crippen LogP contribution in [0, 0.1) is 0 Å². The van der Waals surface area contributed by atoms with E-state index >= 15 is 0 Å². The number of benzene rings is 11. The van der Waals surface area contributed by atoms with Crippen LogP contribution in [0.4, 0.5) is 34.1 Å². The summed E-state index contributed by atoms with van der Waals surface area (Å²) in [6.07, 6.45) is 0. The highest BCUT2D eigenvalue weighted by atomic mass is 15.1. The van der Waals surface area contributed by atoms with E-state index in [0.29, 0.717) is 0 Å². The molecule has 0 spiro atoms. The highest BCUT2D eigenvalue weighted by Crippen LogP contribution is 2.40. The average Bonchev–Trinajstić information content (AvgIpc) is 3.43.